The van der Waals surface area contributed by atoms with Crippen molar-refractivity contribution in [3.8, 4) is 0 Å². The second-order valence-corrected chi connectivity index (χ2v) is 5.96. The Morgan fingerprint density at radius 3 is 2.44 bits per heavy atom. The molecule has 0 spiro atoms. The van der Waals surface area contributed by atoms with Gasteiger partial charge in [0.15, 0.2) is 0 Å². The van der Waals surface area contributed by atoms with Gasteiger partial charge in [-0.1, -0.05) is 41.9 Å². The second-order valence-electron chi connectivity index (χ2n) is 5.04. The van der Waals surface area contributed by atoms with Crippen molar-refractivity contribution in [2.45, 2.75) is 32.7 Å². The Morgan fingerprint density at radius 2 is 1.89 bits per heavy atom. The zero-order chi connectivity index (χ0) is 13.4. The molecule has 0 heterocycles. The summed E-state index contributed by atoms with van der Waals surface area (Å²) in [5.74, 6) is 0.633. The monoisotopic (exact) mass is 313 g/mol. The van der Waals surface area contributed by atoms with Crippen LogP contribution in [0.2, 0.25) is 0 Å². The first kappa shape index (κ1) is 15.7. The summed E-state index contributed by atoms with van der Waals surface area (Å²) < 4.78 is 6.34. The summed E-state index contributed by atoms with van der Waals surface area (Å²) in [6.45, 7) is 6.26. The van der Waals surface area contributed by atoms with Crippen molar-refractivity contribution < 1.29 is 4.74 Å². The third kappa shape index (κ3) is 6.53. The van der Waals surface area contributed by atoms with E-state index in [9.17, 15) is 0 Å². The van der Waals surface area contributed by atoms with Crippen LogP contribution in [0.3, 0.4) is 0 Å². The van der Waals surface area contributed by atoms with Crippen molar-refractivity contribution in [3.63, 3.8) is 0 Å². The molecule has 1 unspecified atom stereocenters. The second kappa shape index (κ2) is 8.68. The van der Waals surface area contributed by atoms with Gasteiger partial charge in [0.25, 0.3) is 0 Å². The average Bonchev–Trinajstić information content (AvgIpc) is 2.35. The number of hydrogen-bond donors (Lipinski definition) is 1. The van der Waals surface area contributed by atoms with E-state index in [1.54, 1.807) is 7.11 Å². The summed E-state index contributed by atoms with van der Waals surface area (Å²) in [5.41, 5.74) is 1.39. The predicted molar refractivity (Wildman–Crippen MR) is 81.0 cm³/mol. The fourth-order valence-corrected chi connectivity index (χ4v) is 2.18. The Kier molecular flexibility index (Phi) is 7.56. The quantitative estimate of drug-likeness (QED) is 0.791. The molecule has 1 rings (SSSR count). The van der Waals surface area contributed by atoms with Crippen molar-refractivity contribution in [1.29, 1.82) is 0 Å². The van der Waals surface area contributed by atoms with Crippen molar-refractivity contribution in [2.75, 3.05) is 20.3 Å². The summed E-state index contributed by atoms with van der Waals surface area (Å²) in [6, 6.07) is 9.15. The highest BCUT2D eigenvalue weighted by atomic mass is 79.9. The lowest BCUT2D eigenvalue weighted by Gasteiger charge is -2.19. The van der Waals surface area contributed by atoms with Crippen molar-refractivity contribution in [2.24, 2.45) is 5.92 Å². The molecule has 0 radical (unpaired) electrons. The normalized spacial score (nSPS) is 12.9. The SMILES string of the molecule is COCCC(CNC(C)C)Cc1ccc(Br)cc1. The van der Waals surface area contributed by atoms with Crippen LogP contribution in [-0.4, -0.2) is 26.3 Å². The van der Waals surface area contributed by atoms with Gasteiger partial charge in [0, 0.05) is 24.2 Å². The van der Waals surface area contributed by atoms with Crippen molar-refractivity contribution in [3.05, 3.63) is 34.3 Å². The minimum atomic E-state index is 0.542. The number of halogens is 1. The minimum absolute atomic E-state index is 0.542. The number of methoxy groups -OCH3 is 1. The maximum absolute atomic E-state index is 5.20. The van der Waals surface area contributed by atoms with Crippen LogP contribution in [0, 0.1) is 5.92 Å². The lowest BCUT2D eigenvalue weighted by molar-refractivity contribution is 0.175. The molecule has 0 aromatic heterocycles. The van der Waals surface area contributed by atoms with Gasteiger partial charge in [-0.05, 0) is 43.0 Å². The van der Waals surface area contributed by atoms with E-state index < -0.39 is 0 Å². The molecule has 0 saturated heterocycles. The zero-order valence-electron chi connectivity index (χ0n) is 11.6. The van der Waals surface area contributed by atoms with Crippen molar-refractivity contribution in [1.82, 2.24) is 5.32 Å². The molecule has 2 nitrogen and oxygen atoms in total. The van der Waals surface area contributed by atoms with Gasteiger partial charge in [-0.3, -0.25) is 0 Å². The van der Waals surface area contributed by atoms with Gasteiger partial charge in [0.2, 0.25) is 0 Å². The molecule has 1 aromatic rings. The predicted octanol–water partition coefficient (Wildman–Crippen LogP) is 3.64. The summed E-state index contributed by atoms with van der Waals surface area (Å²) >= 11 is 3.47. The number of benzene rings is 1. The van der Waals surface area contributed by atoms with Gasteiger partial charge in [0.1, 0.15) is 0 Å². The first-order valence-corrected chi connectivity index (χ1v) is 7.38. The first-order chi connectivity index (χ1) is 8.61. The highest BCUT2D eigenvalue weighted by Gasteiger charge is 2.10. The molecule has 18 heavy (non-hydrogen) atoms. The molecule has 0 saturated carbocycles. The molecule has 0 aliphatic carbocycles. The molecule has 0 fully saturated rings. The molecule has 102 valence electrons. The van der Waals surface area contributed by atoms with Gasteiger partial charge in [-0.25, -0.2) is 0 Å². The molecular weight excluding hydrogens is 290 g/mol. The first-order valence-electron chi connectivity index (χ1n) is 6.58. The van der Waals surface area contributed by atoms with Gasteiger partial charge >= 0.3 is 0 Å². The Bertz CT molecular complexity index is 324. The number of ether oxygens (including phenoxy) is 1. The topological polar surface area (TPSA) is 21.3 Å². The Morgan fingerprint density at radius 1 is 1.22 bits per heavy atom. The molecule has 1 aromatic carbocycles. The van der Waals surface area contributed by atoms with E-state index in [1.165, 1.54) is 5.56 Å². The standard InChI is InChI=1S/C15H24BrNO/c1-12(2)17-11-14(8-9-18-3)10-13-4-6-15(16)7-5-13/h4-7,12,14,17H,8-11H2,1-3H3. The van der Waals surface area contributed by atoms with Crippen LogP contribution in [-0.2, 0) is 11.2 Å². The summed E-state index contributed by atoms with van der Waals surface area (Å²) in [6.07, 6.45) is 2.21. The smallest absolute Gasteiger partial charge is 0.0465 e. The van der Waals surface area contributed by atoms with Crippen LogP contribution in [0.25, 0.3) is 0 Å². The molecule has 1 atom stereocenters. The molecule has 0 bridgehead atoms. The van der Waals surface area contributed by atoms with Crippen molar-refractivity contribution >= 4 is 15.9 Å². The summed E-state index contributed by atoms with van der Waals surface area (Å²) in [5, 5.41) is 3.52. The van der Waals surface area contributed by atoms with E-state index in [2.05, 4.69) is 59.4 Å². The van der Waals surface area contributed by atoms with Gasteiger partial charge in [-0.15, -0.1) is 0 Å². The van der Waals surface area contributed by atoms with E-state index in [0.29, 0.717) is 12.0 Å². The molecule has 0 amide bonds. The number of nitrogens with one attached hydrogen (secondary N) is 1. The number of hydrogen-bond acceptors (Lipinski definition) is 2. The average molecular weight is 314 g/mol. The summed E-state index contributed by atoms with van der Waals surface area (Å²) in [4.78, 5) is 0. The molecule has 0 aliphatic rings. The largest absolute Gasteiger partial charge is 0.385 e. The highest BCUT2D eigenvalue weighted by Crippen LogP contribution is 2.16. The van der Waals surface area contributed by atoms with Gasteiger partial charge in [-0.2, -0.15) is 0 Å². The number of rotatable bonds is 8. The maximum atomic E-state index is 5.20. The van der Waals surface area contributed by atoms with Crippen LogP contribution >= 0.6 is 15.9 Å². The van der Waals surface area contributed by atoms with Crippen LogP contribution in [0.1, 0.15) is 25.8 Å². The van der Waals surface area contributed by atoms with Gasteiger partial charge in [0.05, 0.1) is 0 Å². The Labute approximate surface area is 119 Å². The fourth-order valence-electron chi connectivity index (χ4n) is 1.92. The lowest BCUT2D eigenvalue weighted by Crippen LogP contribution is -2.30. The van der Waals surface area contributed by atoms with E-state index in [0.717, 1.165) is 30.5 Å². The molecular formula is C15H24BrNO. The van der Waals surface area contributed by atoms with E-state index in [4.69, 9.17) is 4.74 Å². The third-order valence-corrected chi connectivity index (χ3v) is 3.51. The van der Waals surface area contributed by atoms with Crippen LogP contribution < -0.4 is 5.32 Å². The van der Waals surface area contributed by atoms with Crippen LogP contribution in [0.15, 0.2) is 28.7 Å². The van der Waals surface area contributed by atoms with E-state index >= 15 is 0 Å². The molecule has 1 N–H and O–H groups in total. The maximum Gasteiger partial charge on any atom is 0.0465 e. The van der Waals surface area contributed by atoms with Crippen LogP contribution in [0.4, 0.5) is 0 Å². The molecule has 3 heteroatoms. The highest BCUT2D eigenvalue weighted by molar-refractivity contribution is 9.10. The Hall–Kier alpha value is -0.380. The van der Waals surface area contributed by atoms with Crippen LogP contribution in [0.5, 0.6) is 0 Å². The Balaban J connectivity index is 2.50. The fraction of sp³-hybridized carbons (Fsp3) is 0.600. The third-order valence-electron chi connectivity index (χ3n) is 2.98. The van der Waals surface area contributed by atoms with E-state index in [-0.39, 0.29) is 0 Å². The molecule has 0 aliphatic heterocycles. The van der Waals surface area contributed by atoms with Gasteiger partial charge < -0.3 is 10.1 Å². The lowest BCUT2D eigenvalue weighted by atomic mass is 9.96. The van der Waals surface area contributed by atoms with E-state index in [1.807, 2.05) is 0 Å². The summed E-state index contributed by atoms with van der Waals surface area (Å²) in [7, 11) is 1.77. The zero-order valence-corrected chi connectivity index (χ0v) is 13.2. The minimum Gasteiger partial charge on any atom is -0.385 e.